The first-order valence-corrected chi connectivity index (χ1v) is 12.6. The Morgan fingerprint density at radius 3 is 2.37 bits per heavy atom. The van der Waals surface area contributed by atoms with Crippen LogP contribution >= 0.6 is 0 Å². The summed E-state index contributed by atoms with van der Waals surface area (Å²) in [5, 5.41) is 13.7. The van der Waals surface area contributed by atoms with E-state index in [9.17, 15) is 9.50 Å². The van der Waals surface area contributed by atoms with Crippen LogP contribution < -0.4 is 0 Å². The molecular formula is C30H37FN4O3. The number of hydrogen-bond donors (Lipinski definition) is 1. The van der Waals surface area contributed by atoms with E-state index in [0.717, 1.165) is 17.7 Å². The van der Waals surface area contributed by atoms with Gasteiger partial charge in [0, 0.05) is 31.3 Å². The van der Waals surface area contributed by atoms with Crippen molar-refractivity contribution in [1.29, 1.82) is 0 Å². The number of halogens is 1. The van der Waals surface area contributed by atoms with E-state index in [1.807, 2.05) is 30.3 Å². The van der Waals surface area contributed by atoms with E-state index in [0.29, 0.717) is 23.8 Å². The molecule has 4 aromatic rings. The zero-order valence-electron chi connectivity index (χ0n) is 22.3. The molecule has 38 heavy (non-hydrogen) atoms. The van der Waals surface area contributed by atoms with Crippen molar-refractivity contribution in [3.8, 4) is 22.8 Å². The van der Waals surface area contributed by atoms with Gasteiger partial charge in [0.1, 0.15) is 5.82 Å². The molecule has 0 bridgehead atoms. The van der Waals surface area contributed by atoms with Crippen LogP contribution in [0.15, 0.2) is 66.7 Å². The molecule has 3 aromatic carbocycles. The Morgan fingerprint density at radius 2 is 1.68 bits per heavy atom. The summed E-state index contributed by atoms with van der Waals surface area (Å²) < 4.78 is 20.2. The third kappa shape index (κ3) is 7.33. The van der Waals surface area contributed by atoms with Gasteiger partial charge in [-0.1, -0.05) is 48.5 Å². The Balaban J connectivity index is 0.000000220. The van der Waals surface area contributed by atoms with Crippen molar-refractivity contribution in [3.63, 3.8) is 0 Å². The van der Waals surface area contributed by atoms with Gasteiger partial charge in [-0.05, 0) is 67.3 Å². The molecule has 1 aliphatic heterocycles. The molecule has 1 aromatic heterocycles. The van der Waals surface area contributed by atoms with Crippen LogP contribution in [-0.2, 0) is 30.7 Å². The molecule has 202 valence electrons. The number of aromatic nitrogens is 3. The minimum absolute atomic E-state index is 0. The third-order valence-corrected chi connectivity index (χ3v) is 6.54. The molecule has 8 heteroatoms. The van der Waals surface area contributed by atoms with Gasteiger partial charge in [0.15, 0.2) is 11.6 Å². The summed E-state index contributed by atoms with van der Waals surface area (Å²) >= 11 is 0. The van der Waals surface area contributed by atoms with Crippen molar-refractivity contribution in [2.24, 2.45) is 0 Å². The normalized spacial score (nSPS) is 13.1. The second-order valence-electron chi connectivity index (χ2n) is 9.38. The lowest BCUT2D eigenvalue weighted by Gasteiger charge is -2.10. The van der Waals surface area contributed by atoms with Gasteiger partial charge in [-0.15, -0.1) is 0 Å². The van der Waals surface area contributed by atoms with Gasteiger partial charge in [-0.2, -0.15) is 5.10 Å². The zero-order valence-corrected chi connectivity index (χ0v) is 22.3. The van der Waals surface area contributed by atoms with Gasteiger partial charge in [0.05, 0.1) is 19.8 Å². The molecule has 2 heterocycles. The first-order chi connectivity index (χ1) is 18.0. The highest BCUT2D eigenvalue weighted by Gasteiger charge is 2.14. The number of methoxy groups -OCH3 is 1. The zero-order chi connectivity index (χ0) is 26.2. The van der Waals surface area contributed by atoms with E-state index in [4.69, 9.17) is 4.74 Å². The van der Waals surface area contributed by atoms with E-state index >= 15 is 0 Å². The van der Waals surface area contributed by atoms with Gasteiger partial charge < -0.3 is 20.2 Å². The highest BCUT2D eigenvalue weighted by molar-refractivity contribution is 5.62. The SMILES string of the molecule is COCc1ccc2c(c1)CCN(C)CC2.Cc1cc(-c2nc(-c3ccccc3)n(CCO)n2)ccc1F.O. The topological polar surface area (TPSA) is 94.9 Å². The van der Waals surface area contributed by atoms with Crippen LogP contribution in [0.3, 0.4) is 0 Å². The first-order valence-electron chi connectivity index (χ1n) is 12.6. The fourth-order valence-corrected chi connectivity index (χ4v) is 4.45. The van der Waals surface area contributed by atoms with Crippen LogP contribution in [0.4, 0.5) is 4.39 Å². The number of aliphatic hydroxyl groups excluding tert-OH is 1. The summed E-state index contributed by atoms with van der Waals surface area (Å²) in [6, 6.07) is 21.2. The predicted molar refractivity (Wildman–Crippen MR) is 148 cm³/mol. The number of fused-ring (bicyclic) bond motifs is 1. The van der Waals surface area contributed by atoms with E-state index in [-0.39, 0.29) is 17.9 Å². The summed E-state index contributed by atoms with van der Waals surface area (Å²) in [5.41, 5.74) is 6.55. The molecule has 0 unspecified atom stereocenters. The maximum absolute atomic E-state index is 13.4. The number of hydrogen-bond acceptors (Lipinski definition) is 5. The molecule has 0 fully saturated rings. The molecule has 1 aliphatic rings. The molecular weight excluding hydrogens is 483 g/mol. The van der Waals surface area contributed by atoms with Crippen molar-refractivity contribution in [2.45, 2.75) is 32.9 Å². The van der Waals surface area contributed by atoms with Crippen LogP contribution in [0.5, 0.6) is 0 Å². The van der Waals surface area contributed by atoms with Gasteiger partial charge in [0.25, 0.3) is 0 Å². The van der Waals surface area contributed by atoms with Crippen molar-refractivity contribution in [1.82, 2.24) is 19.7 Å². The van der Waals surface area contributed by atoms with Crippen molar-refractivity contribution in [2.75, 3.05) is 33.9 Å². The summed E-state index contributed by atoms with van der Waals surface area (Å²) in [7, 11) is 3.95. The van der Waals surface area contributed by atoms with Crippen LogP contribution in [0.25, 0.3) is 22.8 Å². The van der Waals surface area contributed by atoms with Gasteiger partial charge in [0.2, 0.25) is 0 Å². The second-order valence-corrected chi connectivity index (χ2v) is 9.38. The molecule has 0 radical (unpaired) electrons. The lowest BCUT2D eigenvalue weighted by molar-refractivity contribution is 0.185. The quantitative estimate of drug-likeness (QED) is 0.413. The summed E-state index contributed by atoms with van der Waals surface area (Å²) in [6.45, 7) is 5.12. The molecule has 0 atom stereocenters. The van der Waals surface area contributed by atoms with E-state index in [2.05, 4.69) is 40.2 Å². The van der Waals surface area contributed by atoms with Gasteiger partial charge in [-0.3, -0.25) is 0 Å². The number of aliphatic hydroxyl groups is 1. The van der Waals surface area contributed by atoms with Crippen molar-refractivity contribution < 1.29 is 19.7 Å². The maximum Gasteiger partial charge on any atom is 0.181 e. The second kappa shape index (κ2) is 13.9. The van der Waals surface area contributed by atoms with Crippen molar-refractivity contribution in [3.05, 3.63) is 94.8 Å². The number of benzene rings is 3. The Kier molecular flexibility index (Phi) is 10.7. The van der Waals surface area contributed by atoms with Gasteiger partial charge in [-0.25, -0.2) is 14.1 Å². The van der Waals surface area contributed by atoms with Crippen LogP contribution in [0.2, 0.25) is 0 Å². The molecule has 0 saturated carbocycles. The van der Waals surface area contributed by atoms with E-state index in [1.54, 1.807) is 30.8 Å². The molecule has 0 spiro atoms. The lowest BCUT2D eigenvalue weighted by atomic mass is 10.0. The minimum atomic E-state index is -0.248. The lowest BCUT2D eigenvalue weighted by Crippen LogP contribution is -2.20. The Morgan fingerprint density at radius 1 is 0.947 bits per heavy atom. The summed E-state index contributed by atoms with van der Waals surface area (Å²) in [4.78, 5) is 6.96. The molecule has 7 nitrogen and oxygen atoms in total. The smallest absolute Gasteiger partial charge is 0.181 e. The Labute approximate surface area is 223 Å². The van der Waals surface area contributed by atoms with Crippen LogP contribution in [0.1, 0.15) is 22.3 Å². The summed E-state index contributed by atoms with van der Waals surface area (Å²) in [6.07, 6.45) is 2.35. The highest BCUT2D eigenvalue weighted by atomic mass is 19.1. The predicted octanol–water partition coefficient (Wildman–Crippen LogP) is 4.09. The highest BCUT2D eigenvalue weighted by Crippen LogP contribution is 2.24. The Hall–Kier alpha value is -3.43. The fraction of sp³-hybridized carbons (Fsp3) is 0.333. The standard InChI is InChI=1S/C17H16FN3O.C13H19NO.H2O/c1-12-11-14(7-8-15(12)18)16-19-17(21(20-16)9-10-22)13-5-3-2-4-6-13;1-14-7-5-12-4-3-11(10-15-2)9-13(12)6-8-14;/h2-8,11,22H,9-10H2,1H3;3-4,9H,5-8,10H2,1-2H3;1H2. The monoisotopic (exact) mass is 520 g/mol. The average Bonchev–Trinajstić information content (AvgIpc) is 3.24. The number of nitrogens with zero attached hydrogens (tertiary/aromatic N) is 4. The number of aryl methyl sites for hydroxylation is 1. The fourth-order valence-electron chi connectivity index (χ4n) is 4.45. The van der Waals surface area contributed by atoms with E-state index < -0.39 is 0 Å². The van der Waals surface area contributed by atoms with Crippen LogP contribution in [0, 0.1) is 12.7 Å². The third-order valence-electron chi connectivity index (χ3n) is 6.54. The largest absolute Gasteiger partial charge is 0.412 e. The van der Waals surface area contributed by atoms with Crippen LogP contribution in [-0.4, -0.2) is 64.1 Å². The number of likely N-dealkylation sites (N-methyl/N-ethyl adjacent to an activating group) is 1. The average molecular weight is 521 g/mol. The van der Waals surface area contributed by atoms with E-state index in [1.165, 1.54) is 48.7 Å². The van der Waals surface area contributed by atoms with Crippen molar-refractivity contribution >= 4 is 0 Å². The first kappa shape index (κ1) is 29.1. The number of ether oxygens (including phenoxy) is 1. The molecule has 5 rings (SSSR count). The molecule has 3 N–H and O–H groups in total. The summed E-state index contributed by atoms with van der Waals surface area (Å²) in [5.74, 6) is 0.962. The Bertz CT molecular complexity index is 1310. The minimum Gasteiger partial charge on any atom is -0.412 e. The van der Waals surface area contributed by atoms with Gasteiger partial charge >= 0.3 is 0 Å². The maximum atomic E-state index is 13.4. The number of rotatable bonds is 6. The molecule has 0 aliphatic carbocycles. The molecule has 0 amide bonds. The molecule has 0 saturated heterocycles.